The molecule has 2 bridgehead atoms. The fourth-order valence-electron chi connectivity index (χ4n) is 4.57. The van der Waals surface area contributed by atoms with E-state index in [2.05, 4.69) is 10.4 Å². The molecule has 1 aromatic carbocycles. The predicted octanol–water partition coefficient (Wildman–Crippen LogP) is 2.67. The molecule has 7 heteroatoms. The number of benzene rings is 1. The van der Waals surface area contributed by atoms with Crippen LogP contribution in [-0.4, -0.2) is 45.1 Å². The lowest BCUT2D eigenvalue weighted by Gasteiger charge is -2.33. The Labute approximate surface area is 160 Å². The Morgan fingerprint density at radius 2 is 2.04 bits per heavy atom. The number of carbonyl (C=O) groups is 2. The highest BCUT2D eigenvalue weighted by molar-refractivity contribution is 7.12. The fraction of sp³-hybridized carbons (Fsp3) is 0.350. The van der Waals surface area contributed by atoms with Gasteiger partial charge in [-0.2, -0.15) is 5.10 Å². The first kappa shape index (κ1) is 16.5. The van der Waals surface area contributed by atoms with Crippen molar-refractivity contribution in [3.05, 3.63) is 52.3 Å². The van der Waals surface area contributed by atoms with Crippen molar-refractivity contribution in [3.8, 4) is 0 Å². The van der Waals surface area contributed by atoms with Gasteiger partial charge in [0.25, 0.3) is 11.8 Å². The summed E-state index contributed by atoms with van der Waals surface area (Å²) >= 11 is 1.44. The molecule has 3 heterocycles. The van der Waals surface area contributed by atoms with Crippen molar-refractivity contribution in [1.82, 2.24) is 20.0 Å². The molecule has 1 saturated carbocycles. The number of nitrogens with zero attached hydrogens (tertiary/aromatic N) is 3. The summed E-state index contributed by atoms with van der Waals surface area (Å²) in [6, 6.07) is 11.6. The van der Waals surface area contributed by atoms with Gasteiger partial charge in [-0.25, -0.2) is 0 Å². The second-order valence-electron chi connectivity index (χ2n) is 7.41. The number of nitrogens with one attached hydrogen (secondary N) is 1. The quantitative estimate of drug-likeness (QED) is 0.760. The summed E-state index contributed by atoms with van der Waals surface area (Å²) in [4.78, 5) is 28.3. The normalized spacial score (nSPS) is 23.9. The molecule has 5 rings (SSSR count). The molecular weight excluding hydrogens is 360 g/mol. The number of amides is 2. The number of aryl methyl sites for hydroxylation is 1. The number of fused-ring (bicyclic) bond motifs is 3. The minimum absolute atomic E-state index is 0.0114. The smallest absolute Gasteiger partial charge is 0.275 e. The number of likely N-dealkylation sites (tertiary alicyclic amines) is 1. The minimum atomic E-state index is -0.0433. The van der Waals surface area contributed by atoms with E-state index in [1.807, 2.05) is 53.7 Å². The Morgan fingerprint density at radius 1 is 1.19 bits per heavy atom. The third-order valence-corrected chi connectivity index (χ3v) is 6.63. The van der Waals surface area contributed by atoms with Crippen molar-refractivity contribution in [2.24, 2.45) is 13.0 Å². The molecule has 3 aromatic rings. The zero-order valence-corrected chi connectivity index (χ0v) is 15.8. The highest BCUT2D eigenvalue weighted by Crippen LogP contribution is 2.39. The van der Waals surface area contributed by atoms with Crippen LogP contribution in [0.2, 0.25) is 0 Å². The third-order valence-electron chi connectivity index (χ3n) is 5.76. The van der Waals surface area contributed by atoms with E-state index in [0.29, 0.717) is 16.5 Å². The Bertz CT molecular complexity index is 1030. The van der Waals surface area contributed by atoms with Gasteiger partial charge < -0.3 is 10.2 Å². The van der Waals surface area contributed by atoms with Crippen LogP contribution in [0.3, 0.4) is 0 Å². The molecule has 2 aliphatic rings. The van der Waals surface area contributed by atoms with Crippen LogP contribution >= 0.6 is 11.3 Å². The molecule has 0 radical (unpaired) electrons. The van der Waals surface area contributed by atoms with E-state index in [-0.39, 0.29) is 23.9 Å². The first-order chi connectivity index (χ1) is 13.1. The molecule has 2 aromatic heterocycles. The van der Waals surface area contributed by atoms with Gasteiger partial charge in [0.1, 0.15) is 0 Å². The molecule has 1 aliphatic carbocycles. The van der Waals surface area contributed by atoms with E-state index >= 15 is 0 Å². The van der Waals surface area contributed by atoms with Crippen molar-refractivity contribution in [2.45, 2.75) is 24.9 Å². The lowest BCUT2D eigenvalue weighted by atomic mass is 10.0. The summed E-state index contributed by atoms with van der Waals surface area (Å²) < 4.78 is 1.76. The zero-order valence-electron chi connectivity index (χ0n) is 15.0. The zero-order chi connectivity index (χ0) is 18.5. The molecule has 138 valence electrons. The topological polar surface area (TPSA) is 67.2 Å². The molecule has 1 N–H and O–H groups in total. The largest absolute Gasteiger partial charge is 0.347 e. The molecule has 2 amide bonds. The Balaban J connectivity index is 1.39. The van der Waals surface area contributed by atoms with E-state index in [1.165, 1.54) is 11.3 Å². The molecule has 6 nitrogen and oxygen atoms in total. The van der Waals surface area contributed by atoms with E-state index in [0.717, 1.165) is 30.3 Å². The summed E-state index contributed by atoms with van der Waals surface area (Å²) in [7, 11) is 1.86. The lowest BCUT2D eigenvalue weighted by molar-refractivity contribution is 0.0644. The van der Waals surface area contributed by atoms with Crippen LogP contribution in [0.15, 0.2) is 41.8 Å². The van der Waals surface area contributed by atoms with Crippen molar-refractivity contribution < 1.29 is 9.59 Å². The van der Waals surface area contributed by atoms with E-state index in [9.17, 15) is 9.59 Å². The van der Waals surface area contributed by atoms with Crippen LogP contribution in [0.1, 0.15) is 33.0 Å². The van der Waals surface area contributed by atoms with Gasteiger partial charge in [0, 0.05) is 25.0 Å². The van der Waals surface area contributed by atoms with Crippen LogP contribution in [0, 0.1) is 5.92 Å². The molecule has 1 aliphatic heterocycles. The van der Waals surface area contributed by atoms with Crippen LogP contribution < -0.4 is 5.32 Å². The predicted molar refractivity (Wildman–Crippen MR) is 104 cm³/mol. The average Bonchev–Trinajstić information content (AvgIpc) is 3.45. The van der Waals surface area contributed by atoms with Crippen LogP contribution in [0.25, 0.3) is 10.9 Å². The molecule has 1 saturated heterocycles. The first-order valence-corrected chi connectivity index (χ1v) is 10.1. The maximum atomic E-state index is 13.3. The third kappa shape index (κ3) is 2.65. The number of hydrogen-bond donors (Lipinski definition) is 1. The van der Waals surface area contributed by atoms with E-state index in [1.54, 1.807) is 4.68 Å². The second kappa shape index (κ2) is 6.20. The maximum absolute atomic E-state index is 13.3. The summed E-state index contributed by atoms with van der Waals surface area (Å²) in [5.74, 6) is 0.371. The Hall–Kier alpha value is -2.67. The number of piperidine rings is 1. The highest BCUT2D eigenvalue weighted by atomic mass is 32.1. The number of hydrogen-bond acceptors (Lipinski definition) is 4. The summed E-state index contributed by atoms with van der Waals surface area (Å²) in [5.41, 5.74) is 1.46. The summed E-state index contributed by atoms with van der Waals surface area (Å²) in [5, 5.41) is 10.4. The molecule has 0 unspecified atom stereocenters. The fourth-order valence-corrected chi connectivity index (χ4v) is 5.20. The number of rotatable bonds is 3. The molecular formula is C20H20N4O2S. The van der Waals surface area contributed by atoms with Crippen molar-refractivity contribution >= 4 is 34.1 Å². The van der Waals surface area contributed by atoms with Crippen LogP contribution in [0.5, 0.6) is 0 Å². The van der Waals surface area contributed by atoms with Gasteiger partial charge >= 0.3 is 0 Å². The monoisotopic (exact) mass is 380 g/mol. The highest BCUT2D eigenvalue weighted by Gasteiger charge is 2.48. The number of aromatic nitrogens is 2. The van der Waals surface area contributed by atoms with Crippen LogP contribution in [-0.2, 0) is 7.05 Å². The van der Waals surface area contributed by atoms with Gasteiger partial charge in [-0.3, -0.25) is 14.3 Å². The van der Waals surface area contributed by atoms with Gasteiger partial charge in [-0.15, -0.1) is 11.3 Å². The standard InChI is InChI=1S/C20H20N4O2S/c1-23-15-6-3-2-5-13(15)18(22-23)20(26)24-11-12-9-14(16(24)10-12)21-19(25)17-7-4-8-27-17/h2-8,12,14,16H,9-11H2,1H3,(H,21,25)/t12-,14+,16-/m1/s1. The van der Waals surface area contributed by atoms with Crippen molar-refractivity contribution in [3.63, 3.8) is 0 Å². The molecule has 3 atom stereocenters. The second-order valence-corrected chi connectivity index (χ2v) is 8.36. The Kier molecular flexibility index (Phi) is 3.79. The maximum Gasteiger partial charge on any atom is 0.275 e. The van der Waals surface area contributed by atoms with Gasteiger partial charge in [0.2, 0.25) is 0 Å². The number of carbonyl (C=O) groups excluding carboxylic acids is 2. The summed E-state index contributed by atoms with van der Waals surface area (Å²) in [6.45, 7) is 0.750. The minimum Gasteiger partial charge on any atom is -0.347 e. The van der Waals surface area contributed by atoms with Crippen molar-refractivity contribution in [1.29, 1.82) is 0 Å². The van der Waals surface area contributed by atoms with E-state index < -0.39 is 0 Å². The Morgan fingerprint density at radius 3 is 2.81 bits per heavy atom. The average molecular weight is 380 g/mol. The van der Waals surface area contributed by atoms with Gasteiger partial charge in [0.15, 0.2) is 5.69 Å². The van der Waals surface area contributed by atoms with Gasteiger partial charge in [0.05, 0.1) is 16.4 Å². The molecule has 0 spiro atoms. The first-order valence-electron chi connectivity index (χ1n) is 9.19. The number of para-hydroxylation sites is 1. The lowest BCUT2D eigenvalue weighted by Crippen LogP contribution is -2.52. The van der Waals surface area contributed by atoms with Gasteiger partial charge in [-0.1, -0.05) is 24.3 Å². The number of thiophene rings is 1. The van der Waals surface area contributed by atoms with Crippen LogP contribution in [0.4, 0.5) is 0 Å². The SMILES string of the molecule is Cn1nc(C(=O)N2C[C@@H]3C[C@H](NC(=O)c4cccs4)[C@H]2C3)c2ccccc21. The van der Waals surface area contributed by atoms with Gasteiger partial charge in [-0.05, 0) is 36.3 Å². The van der Waals surface area contributed by atoms with Crippen molar-refractivity contribution in [2.75, 3.05) is 6.54 Å². The molecule has 2 fully saturated rings. The summed E-state index contributed by atoms with van der Waals surface area (Å²) in [6.07, 6.45) is 1.89. The molecule has 27 heavy (non-hydrogen) atoms. The van der Waals surface area contributed by atoms with E-state index in [4.69, 9.17) is 0 Å².